The minimum Gasteiger partial charge on any atom is -0.489 e. The summed E-state index contributed by atoms with van der Waals surface area (Å²) in [7, 11) is 0. The van der Waals surface area contributed by atoms with Gasteiger partial charge in [0.1, 0.15) is 12.9 Å². The molecule has 0 aromatic carbocycles. The number of alkyl halides is 3. The van der Waals surface area contributed by atoms with Crippen molar-refractivity contribution in [3.8, 4) is 5.75 Å². The average molecular weight is 466 g/mol. The van der Waals surface area contributed by atoms with Gasteiger partial charge in [-0.15, -0.1) is 0 Å². The molecular weight excluding hydrogens is 441 g/mol. The summed E-state index contributed by atoms with van der Waals surface area (Å²) in [6.07, 6.45) is 1.99. The number of carbonyl (C=O) groups excluding carboxylic acids is 2. The zero-order chi connectivity index (χ0) is 23.4. The standard InChI is InChI=1S/C22H25F3N4O4/c23-22(24,25)15-7-5-14(6-8-15)20(31)29-11-2-3-16(29)13-33-17-4-1-9-26-18(17)19(30)28-21-27-10-12-32-21/h1,4,9-10,12,14-16H,2-3,5-8,11,13H2,(H,27,28,30)/t14?,15?,16-/m0/s1. The van der Waals surface area contributed by atoms with Crippen molar-refractivity contribution in [2.24, 2.45) is 11.8 Å². The van der Waals surface area contributed by atoms with E-state index in [1.54, 1.807) is 17.0 Å². The van der Waals surface area contributed by atoms with Crippen molar-refractivity contribution in [2.45, 2.75) is 50.7 Å². The number of nitrogens with one attached hydrogen (secondary N) is 1. The molecule has 11 heteroatoms. The van der Waals surface area contributed by atoms with E-state index in [-0.39, 0.29) is 67.6 Å². The molecule has 3 heterocycles. The number of hydrogen-bond donors (Lipinski definition) is 1. The van der Waals surface area contributed by atoms with Crippen LogP contribution >= 0.6 is 0 Å². The van der Waals surface area contributed by atoms with Crippen molar-refractivity contribution in [3.05, 3.63) is 36.5 Å². The zero-order valence-electron chi connectivity index (χ0n) is 17.9. The van der Waals surface area contributed by atoms with Crippen LogP contribution in [0.15, 0.2) is 35.2 Å². The number of halogens is 3. The fourth-order valence-corrected chi connectivity index (χ4v) is 4.51. The molecule has 2 fully saturated rings. The first-order valence-electron chi connectivity index (χ1n) is 11.0. The molecule has 2 aromatic rings. The summed E-state index contributed by atoms with van der Waals surface area (Å²) in [5, 5.41) is 2.49. The lowest BCUT2D eigenvalue weighted by Gasteiger charge is -2.33. The molecule has 0 unspecified atom stereocenters. The number of aromatic nitrogens is 2. The largest absolute Gasteiger partial charge is 0.489 e. The SMILES string of the molecule is O=C(Nc1ncco1)c1ncccc1OC[C@@H]1CCCN1C(=O)C1CCC(C(F)(F)F)CC1. The maximum atomic E-state index is 13.0. The lowest BCUT2D eigenvalue weighted by Crippen LogP contribution is -2.44. The molecule has 2 aliphatic rings. The summed E-state index contributed by atoms with van der Waals surface area (Å²) in [4.78, 5) is 35.2. The van der Waals surface area contributed by atoms with Crippen molar-refractivity contribution in [3.63, 3.8) is 0 Å². The van der Waals surface area contributed by atoms with Crippen LogP contribution in [0.5, 0.6) is 5.75 Å². The number of anilines is 1. The molecule has 178 valence electrons. The molecule has 1 aliphatic carbocycles. The van der Waals surface area contributed by atoms with Gasteiger partial charge < -0.3 is 14.1 Å². The van der Waals surface area contributed by atoms with Gasteiger partial charge in [-0.25, -0.2) is 9.97 Å². The van der Waals surface area contributed by atoms with E-state index in [1.165, 1.54) is 18.7 Å². The summed E-state index contributed by atoms with van der Waals surface area (Å²) in [6.45, 7) is 0.714. The van der Waals surface area contributed by atoms with E-state index in [1.807, 2.05) is 0 Å². The molecule has 4 rings (SSSR count). The van der Waals surface area contributed by atoms with Gasteiger partial charge in [-0.1, -0.05) is 0 Å². The molecule has 33 heavy (non-hydrogen) atoms. The van der Waals surface area contributed by atoms with E-state index >= 15 is 0 Å². The van der Waals surface area contributed by atoms with E-state index in [0.29, 0.717) is 6.54 Å². The summed E-state index contributed by atoms with van der Waals surface area (Å²) in [5.74, 6) is -2.09. The lowest BCUT2D eigenvalue weighted by atomic mass is 9.81. The van der Waals surface area contributed by atoms with Crippen LogP contribution in [0.2, 0.25) is 0 Å². The molecule has 1 N–H and O–H groups in total. The highest BCUT2D eigenvalue weighted by Crippen LogP contribution is 2.40. The fraction of sp³-hybridized carbons (Fsp3) is 0.545. The van der Waals surface area contributed by atoms with Crippen molar-refractivity contribution in [1.82, 2.24) is 14.9 Å². The van der Waals surface area contributed by atoms with Gasteiger partial charge in [0.15, 0.2) is 11.4 Å². The second-order valence-electron chi connectivity index (χ2n) is 8.37. The highest BCUT2D eigenvalue weighted by molar-refractivity contribution is 6.03. The predicted molar refractivity (Wildman–Crippen MR) is 110 cm³/mol. The average Bonchev–Trinajstić information content (AvgIpc) is 3.49. The number of ether oxygens (including phenoxy) is 1. The van der Waals surface area contributed by atoms with Crippen LogP contribution in [0.25, 0.3) is 0 Å². The minimum atomic E-state index is -4.20. The van der Waals surface area contributed by atoms with Crippen LogP contribution < -0.4 is 10.1 Å². The van der Waals surface area contributed by atoms with Gasteiger partial charge in [-0.3, -0.25) is 14.9 Å². The Labute approximate surface area is 188 Å². The molecule has 2 amide bonds. The van der Waals surface area contributed by atoms with Crippen molar-refractivity contribution >= 4 is 17.8 Å². The first-order chi connectivity index (χ1) is 15.8. The van der Waals surface area contributed by atoms with Gasteiger partial charge in [-0.05, 0) is 50.7 Å². The van der Waals surface area contributed by atoms with Crippen molar-refractivity contribution < 1.29 is 31.9 Å². The second-order valence-corrected chi connectivity index (χ2v) is 8.37. The molecule has 0 radical (unpaired) electrons. The summed E-state index contributed by atoms with van der Waals surface area (Å²) >= 11 is 0. The Morgan fingerprint density at radius 2 is 1.94 bits per heavy atom. The maximum absolute atomic E-state index is 13.0. The third-order valence-corrected chi connectivity index (χ3v) is 6.27. The Balaban J connectivity index is 1.35. The smallest absolute Gasteiger partial charge is 0.391 e. The fourth-order valence-electron chi connectivity index (χ4n) is 4.51. The number of oxazole rings is 1. The van der Waals surface area contributed by atoms with E-state index in [4.69, 9.17) is 9.15 Å². The quantitative estimate of drug-likeness (QED) is 0.690. The summed E-state index contributed by atoms with van der Waals surface area (Å²) in [5.41, 5.74) is 0.0528. The molecule has 1 atom stereocenters. The summed E-state index contributed by atoms with van der Waals surface area (Å²) in [6, 6.07) is 3.07. The first kappa shape index (κ1) is 23.1. The van der Waals surface area contributed by atoms with Crippen LogP contribution in [-0.4, -0.2) is 52.1 Å². The molecule has 2 aromatic heterocycles. The van der Waals surface area contributed by atoms with Crippen LogP contribution in [0.3, 0.4) is 0 Å². The highest BCUT2D eigenvalue weighted by atomic mass is 19.4. The number of amides is 2. The molecular formula is C22H25F3N4O4. The Bertz CT molecular complexity index is 959. The highest BCUT2D eigenvalue weighted by Gasteiger charge is 2.44. The monoisotopic (exact) mass is 466 g/mol. The Morgan fingerprint density at radius 1 is 1.15 bits per heavy atom. The van der Waals surface area contributed by atoms with Gasteiger partial charge in [0.2, 0.25) is 5.91 Å². The molecule has 0 spiro atoms. The molecule has 1 saturated heterocycles. The lowest BCUT2D eigenvalue weighted by molar-refractivity contribution is -0.185. The van der Waals surface area contributed by atoms with Gasteiger partial charge in [-0.2, -0.15) is 13.2 Å². The summed E-state index contributed by atoms with van der Waals surface area (Å²) < 4.78 is 49.7. The number of nitrogens with zero attached hydrogens (tertiary/aromatic N) is 3. The third-order valence-electron chi connectivity index (χ3n) is 6.27. The predicted octanol–water partition coefficient (Wildman–Crippen LogP) is 4.06. The van der Waals surface area contributed by atoms with Gasteiger partial charge in [0.05, 0.1) is 18.2 Å². The maximum Gasteiger partial charge on any atom is 0.391 e. The van der Waals surface area contributed by atoms with Gasteiger partial charge in [0, 0.05) is 18.7 Å². The Hall–Kier alpha value is -3.11. The molecule has 1 aliphatic heterocycles. The van der Waals surface area contributed by atoms with Crippen LogP contribution in [0, 0.1) is 11.8 Å². The molecule has 8 nitrogen and oxygen atoms in total. The number of pyridine rings is 1. The number of rotatable bonds is 6. The molecule has 1 saturated carbocycles. The van der Waals surface area contributed by atoms with E-state index in [9.17, 15) is 22.8 Å². The second kappa shape index (κ2) is 9.80. The van der Waals surface area contributed by atoms with Gasteiger partial charge in [0.25, 0.3) is 5.91 Å². The van der Waals surface area contributed by atoms with E-state index in [0.717, 1.165) is 12.8 Å². The van der Waals surface area contributed by atoms with E-state index in [2.05, 4.69) is 15.3 Å². The minimum absolute atomic E-state index is 0.00635. The Kier molecular flexibility index (Phi) is 6.85. The van der Waals surface area contributed by atoms with Crippen molar-refractivity contribution in [1.29, 1.82) is 0 Å². The number of likely N-dealkylation sites (tertiary alicyclic amines) is 1. The Morgan fingerprint density at radius 3 is 2.64 bits per heavy atom. The topological polar surface area (TPSA) is 97.6 Å². The number of carbonyl (C=O) groups is 2. The number of hydrogen-bond acceptors (Lipinski definition) is 6. The third kappa shape index (κ3) is 5.45. The van der Waals surface area contributed by atoms with E-state index < -0.39 is 18.0 Å². The van der Waals surface area contributed by atoms with Crippen molar-refractivity contribution in [2.75, 3.05) is 18.5 Å². The first-order valence-corrected chi connectivity index (χ1v) is 11.0. The zero-order valence-corrected chi connectivity index (χ0v) is 17.9. The van der Waals surface area contributed by atoms with Crippen LogP contribution in [0.4, 0.5) is 19.2 Å². The van der Waals surface area contributed by atoms with Gasteiger partial charge >= 0.3 is 12.2 Å². The van der Waals surface area contributed by atoms with Crippen LogP contribution in [-0.2, 0) is 4.79 Å². The van der Waals surface area contributed by atoms with Crippen LogP contribution in [0.1, 0.15) is 49.0 Å². The molecule has 0 bridgehead atoms. The normalized spacial score (nSPS) is 23.4.